The van der Waals surface area contributed by atoms with Crippen molar-refractivity contribution in [2.75, 3.05) is 11.4 Å². The van der Waals surface area contributed by atoms with E-state index in [1.54, 1.807) is 6.20 Å². The number of hydrogen-bond acceptors (Lipinski definition) is 3. The van der Waals surface area contributed by atoms with Crippen LogP contribution in [0.4, 0.5) is 11.4 Å². The van der Waals surface area contributed by atoms with E-state index in [2.05, 4.69) is 60.1 Å². The molecule has 0 saturated heterocycles. The maximum absolute atomic E-state index is 13.3. The largest absolute Gasteiger partial charge is 0.340 e. The summed E-state index contributed by atoms with van der Waals surface area (Å²) in [7, 11) is 0. The number of fused-ring (bicyclic) bond motifs is 1. The second kappa shape index (κ2) is 7.85. The van der Waals surface area contributed by atoms with Crippen molar-refractivity contribution in [3.63, 3.8) is 0 Å². The average molecular weight is 371 g/mol. The predicted molar refractivity (Wildman–Crippen MR) is 113 cm³/mol. The topological polar surface area (TPSA) is 36.4 Å². The fraction of sp³-hybridized carbons (Fsp3) is 0.250. The van der Waals surface area contributed by atoms with E-state index in [-0.39, 0.29) is 11.9 Å². The highest BCUT2D eigenvalue weighted by Gasteiger charge is 2.23. The van der Waals surface area contributed by atoms with Crippen LogP contribution in [0.15, 0.2) is 73.1 Å². The molecule has 2 heterocycles. The monoisotopic (exact) mass is 371 g/mol. The highest BCUT2D eigenvalue weighted by Crippen LogP contribution is 2.34. The van der Waals surface area contributed by atoms with Crippen molar-refractivity contribution < 1.29 is 4.79 Å². The molecule has 0 spiro atoms. The minimum Gasteiger partial charge on any atom is -0.340 e. The second-order valence-electron chi connectivity index (χ2n) is 7.47. The van der Waals surface area contributed by atoms with Gasteiger partial charge in [0.05, 0.1) is 17.4 Å². The lowest BCUT2D eigenvalue weighted by molar-refractivity contribution is 0.0690. The first-order valence-corrected chi connectivity index (χ1v) is 9.79. The van der Waals surface area contributed by atoms with E-state index in [0.717, 1.165) is 24.2 Å². The Kier molecular flexibility index (Phi) is 5.11. The van der Waals surface area contributed by atoms with E-state index in [1.165, 1.54) is 11.3 Å². The fourth-order valence-corrected chi connectivity index (χ4v) is 3.73. The average Bonchev–Trinajstić information content (AvgIpc) is 3.16. The third-order valence-corrected chi connectivity index (χ3v) is 5.25. The Morgan fingerprint density at radius 1 is 1.07 bits per heavy atom. The SMILES string of the molecule is CC(C)N(Cc1ccccc1)C(=O)c1cncc(N2CCc3ccccc32)c1. The normalized spacial score (nSPS) is 12.9. The molecular weight excluding hydrogens is 346 g/mol. The predicted octanol–water partition coefficient (Wildman–Crippen LogP) is 4.83. The van der Waals surface area contributed by atoms with Crippen LogP contribution in [0.3, 0.4) is 0 Å². The van der Waals surface area contributed by atoms with Crippen LogP contribution in [0.1, 0.15) is 35.3 Å². The number of aromatic nitrogens is 1. The molecule has 3 aromatic rings. The molecule has 2 aromatic carbocycles. The zero-order valence-electron chi connectivity index (χ0n) is 16.4. The molecule has 0 radical (unpaired) electrons. The van der Waals surface area contributed by atoms with E-state index in [4.69, 9.17) is 0 Å². The molecule has 0 N–H and O–H groups in total. The highest BCUT2D eigenvalue weighted by atomic mass is 16.2. The van der Waals surface area contributed by atoms with Crippen molar-refractivity contribution in [2.45, 2.75) is 32.9 Å². The van der Waals surface area contributed by atoms with E-state index in [0.29, 0.717) is 12.1 Å². The molecule has 1 amide bonds. The van der Waals surface area contributed by atoms with Gasteiger partial charge in [0.1, 0.15) is 0 Å². The molecule has 0 fully saturated rings. The molecule has 4 rings (SSSR count). The Morgan fingerprint density at radius 2 is 1.82 bits per heavy atom. The van der Waals surface area contributed by atoms with Crippen molar-refractivity contribution in [1.29, 1.82) is 0 Å². The lowest BCUT2D eigenvalue weighted by atomic mass is 10.1. The van der Waals surface area contributed by atoms with Gasteiger partial charge in [-0.3, -0.25) is 9.78 Å². The first kappa shape index (κ1) is 18.2. The number of anilines is 2. The van der Waals surface area contributed by atoms with Gasteiger partial charge in [-0.05, 0) is 43.5 Å². The van der Waals surface area contributed by atoms with Gasteiger partial charge in [0, 0.05) is 31.0 Å². The molecule has 1 aromatic heterocycles. The molecule has 142 valence electrons. The van der Waals surface area contributed by atoms with Gasteiger partial charge in [0.25, 0.3) is 5.91 Å². The lowest BCUT2D eigenvalue weighted by Gasteiger charge is -2.27. The number of nitrogens with zero attached hydrogens (tertiary/aromatic N) is 3. The van der Waals surface area contributed by atoms with Gasteiger partial charge in [-0.2, -0.15) is 0 Å². The van der Waals surface area contributed by atoms with Crippen LogP contribution >= 0.6 is 0 Å². The Morgan fingerprint density at radius 3 is 2.61 bits per heavy atom. The molecular formula is C24H25N3O. The Hall–Kier alpha value is -3.14. The third kappa shape index (κ3) is 3.63. The zero-order valence-corrected chi connectivity index (χ0v) is 16.4. The minimum absolute atomic E-state index is 0.0145. The van der Waals surface area contributed by atoms with Crippen molar-refractivity contribution >= 4 is 17.3 Å². The molecule has 0 aliphatic carbocycles. The molecule has 4 heteroatoms. The summed E-state index contributed by atoms with van der Waals surface area (Å²) in [6, 6.07) is 20.6. The zero-order chi connectivity index (χ0) is 19.5. The Balaban J connectivity index is 1.60. The highest BCUT2D eigenvalue weighted by molar-refractivity contribution is 5.95. The van der Waals surface area contributed by atoms with Gasteiger partial charge in [-0.1, -0.05) is 48.5 Å². The molecule has 0 bridgehead atoms. The third-order valence-electron chi connectivity index (χ3n) is 5.25. The van der Waals surface area contributed by atoms with E-state index >= 15 is 0 Å². The number of amides is 1. The van der Waals surface area contributed by atoms with E-state index < -0.39 is 0 Å². The fourth-order valence-electron chi connectivity index (χ4n) is 3.73. The van der Waals surface area contributed by atoms with Crippen molar-refractivity contribution in [2.24, 2.45) is 0 Å². The summed E-state index contributed by atoms with van der Waals surface area (Å²) in [6.07, 6.45) is 4.53. The summed E-state index contributed by atoms with van der Waals surface area (Å²) in [5.41, 5.74) is 5.28. The molecule has 0 atom stereocenters. The van der Waals surface area contributed by atoms with Crippen LogP contribution in [-0.4, -0.2) is 28.4 Å². The van der Waals surface area contributed by atoms with Crippen LogP contribution < -0.4 is 4.90 Å². The molecule has 1 aliphatic rings. The van der Waals surface area contributed by atoms with Crippen LogP contribution in [-0.2, 0) is 13.0 Å². The summed E-state index contributed by atoms with van der Waals surface area (Å²) in [6.45, 7) is 5.61. The number of hydrogen-bond donors (Lipinski definition) is 0. The Bertz CT molecular complexity index is 968. The minimum atomic E-state index is 0.0145. The number of benzene rings is 2. The first-order valence-electron chi connectivity index (χ1n) is 9.79. The lowest BCUT2D eigenvalue weighted by Crippen LogP contribution is -2.36. The van der Waals surface area contributed by atoms with Crippen molar-refractivity contribution in [1.82, 2.24) is 9.88 Å². The first-order chi connectivity index (χ1) is 13.6. The van der Waals surface area contributed by atoms with Gasteiger partial charge in [0.15, 0.2) is 0 Å². The van der Waals surface area contributed by atoms with Gasteiger partial charge >= 0.3 is 0 Å². The van der Waals surface area contributed by atoms with Crippen LogP contribution in [0.5, 0.6) is 0 Å². The van der Waals surface area contributed by atoms with Crippen LogP contribution in [0.25, 0.3) is 0 Å². The van der Waals surface area contributed by atoms with Crippen molar-refractivity contribution in [3.8, 4) is 0 Å². The van der Waals surface area contributed by atoms with Gasteiger partial charge in [-0.15, -0.1) is 0 Å². The number of carbonyl (C=O) groups excluding carboxylic acids is 1. The summed E-state index contributed by atoms with van der Waals surface area (Å²) >= 11 is 0. The van der Waals surface area contributed by atoms with Gasteiger partial charge in [0.2, 0.25) is 0 Å². The molecule has 0 saturated carbocycles. The van der Waals surface area contributed by atoms with E-state index in [1.807, 2.05) is 35.4 Å². The quantitative estimate of drug-likeness (QED) is 0.645. The summed E-state index contributed by atoms with van der Waals surface area (Å²) in [5, 5.41) is 0. The Labute approximate surface area is 166 Å². The summed E-state index contributed by atoms with van der Waals surface area (Å²) in [4.78, 5) is 21.8. The van der Waals surface area contributed by atoms with Gasteiger partial charge in [-0.25, -0.2) is 0 Å². The van der Waals surface area contributed by atoms with Crippen LogP contribution in [0.2, 0.25) is 0 Å². The number of rotatable bonds is 5. The maximum atomic E-state index is 13.3. The molecule has 0 unspecified atom stereocenters. The molecule has 1 aliphatic heterocycles. The van der Waals surface area contributed by atoms with Crippen LogP contribution in [0, 0.1) is 0 Å². The number of carbonyl (C=O) groups is 1. The second-order valence-corrected chi connectivity index (χ2v) is 7.47. The summed E-state index contributed by atoms with van der Waals surface area (Å²) in [5.74, 6) is 0.0145. The number of pyridine rings is 1. The number of para-hydroxylation sites is 1. The van der Waals surface area contributed by atoms with Crippen molar-refractivity contribution in [3.05, 3.63) is 89.7 Å². The van der Waals surface area contributed by atoms with Gasteiger partial charge < -0.3 is 9.80 Å². The smallest absolute Gasteiger partial charge is 0.256 e. The maximum Gasteiger partial charge on any atom is 0.256 e. The standard InChI is InChI=1S/C24H25N3O/c1-18(2)27(17-19-8-4-3-5-9-19)24(28)21-14-22(16-25-15-21)26-13-12-20-10-6-7-11-23(20)26/h3-11,14-16,18H,12-13,17H2,1-2H3. The molecule has 28 heavy (non-hydrogen) atoms. The summed E-state index contributed by atoms with van der Waals surface area (Å²) < 4.78 is 0. The molecule has 4 nitrogen and oxygen atoms in total. The van der Waals surface area contributed by atoms with E-state index in [9.17, 15) is 4.79 Å².